The molecule has 0 unspecified atom stereocenters. The maximum absolute atomic E-state index is 13.7. The molecule has 2 heterocycles. The second-order valence-electron chi connectivity index (χ2n) is 10.9. The van der Waals surface area contributed by atoms with Crippen molar-refractivity contribution in [1.29, 1.82) is 0 Å². The van der Waals surface area contributed by atoms with Crippen molar-refractivity contribution in [1.82, 2.24) is 9.80 Å². The standard InChI is InChI=1S/C32H37N3O6/c1-21-16-35(22(2)19-36)32(38)26-15-25(33-31(37)14-23-7-5-4-6-8-23)10-12-27(26)41-30(21)18-34(3)17-24-9-11-28-29(13-24)40-20-39-28/h4-13,15,21-22,30,36H,14,16-20H2,1-3H3,(H,33,37)/t21-,22+,30-/m0/s1. The van der Waals surface area contributed by atoms with Crippen LogP contribution in [0.2, 0.25) is 0 Å². The fraction of sp³-hybridized carbons (Fsp3) is 0.375. The highest BCUT2D eigenvalue weighted by atomic mass is 16.7. The number of rotatable bonds is 9. The van der Waals surface area contributed by atoms with E-state index < -0.39 is 0 Å². The highest BCUT2D eigenvalue weighted by molar-refractivity contribution is 6.00. The number of carbonyl (C=O) groups excluding carboxylic acids is 2. The van der Waals surface area contributed by atoms with Crippen molar-refractivity contribution < 1.29 is 28.9 Å². The van der Waals surface area contributed by atoms with Crippen molar-refractivity contribution in [3.05, 3.63) is 83.4 Å². The molecule has 0 radical (unpaired) electrons. The third kappa shape index (κ3) is 6.81. The van der Waals surface area contributed by atoms with Gasteiger partial charge in [0.15, 0.2) is 11.5 Å². The van der Waals surface area contributed by atoms with Crippen molar-refractivity contribution in [2.45, 2.75) is 39.0 Å². The third-order valence-electron chi connectivity index (χ3n) is 7.54. The summed E-state index contributed by atoms with van der Waals surface area (Å²) in [6.45, 7) is 5.69. The first-order valence-corrected chi connectivity index (χ1v) is 13.9. The summed E-state index contributed by atoms with van der Waals surface area (Å²) < 4.78 is 17.5. The SMILES string of the molecule is C[C@H](CO)N1C[C@H](C)[C@H](CN(C)Cc2ccc3c(c2)OCO3)Oc2ccc(NC(=O)Cc3ccccc3)cc2C1=O. The average Bonchev–Trinajstić information content (AvgIpc) is 3.43. The van der Waals surface area contributed by atoms with Gasteiger partial charge in [0, 0.05) is 31.2 Å². The fourth-order valence-electron chi connectivity index (χ4n) is 5.23. The van der Waals surface area contributed by atoms with Crippen LogP contribution in [-0.2, 0) is 17.8 Å². The Kier molecular flexibility index (Phi) is 8.75. The van der Waals surface area contributed by atoms with Crippen molar-refractivity contribution in [2.75, 3.05) is 38.9 Å². The largest absolute Gasteiger partial charge is 0.488 e. The van der Waals surface area contributed by atoms with Gasteiger partial charge < -0.3 is 29.5 Å². The summed E-state index contributed by atoms with van der Waals surface area (Å²) in [4.78, 5) is 30.3. The first-order valence-electron chi connectivity index (χ1n) is 13.9. The predicted molar refractivity (Wildman–Crippen MR) is 155 cm³/mol. The quantitative estimate of drug-likeness (QED) is 0.410. The van der Waals surface area contributed by atoms with E-state index in [1.165, 1.54) is 0 Å². The molecule has 3 aromatic carbocycles. The number of nitrogens with one attached hydrogen (secondary N) is 1. The summed E-state index contributed by atoms with van der Waals surface area (Å²) in [7, 11) is 2.03. The molecule has 9 nitrogen and oxygen atoms in total. The number of aliphatic hydroxyl groups excluding tert-OH is 1. The number of hydrogen-bond acceptors (Lipinski definition) is 7. The number of likely N-dealkylation sites (N-methyl/N-ethyl adjacent to an activating group) is 1. The van der Waals surface area contributed by atoms with E-state index in [-0.39, 0.29) is 49.7 Å². The van der Waals surface area contributed by atoms with Gasteiger partial charge in [-0.05, 0) is 55.4 Å². The lowest BCUT2D eigenvalue weighted by Crippen LogP contribution is -2.49. The van der Waals surface area contributed by atoms with Crippen molar-refractivity contribution >= 4 is 17.5 Å². The summed E-state index contributed by atoms with van der Waals surface area (Å²) in [5, 5.41) is 12.9. The van der Waals surface area contributed by atoms with E-state index in [0.29, 0.717) is 36.6 Å². The number of carbonyl (C=O) groups is 2. The molecule has 216 valence electrons. The van der Waals surface area contributed by atoms with E-state index in [1.54, 1.807) is 23.1 Å². The van der Waals surface area contributed by atoms with Crippen LogP contribution in [0.1, 0.15) is 35.3 Å². The number of fused-ring (bicyclic) bond motifs is 2. The Morgan fingerprint density at radius 2 is 1.80 bits per heavy atom. The molecular weight excluding hydrogens is 522 g/mol. The fourth-order valence-corrected chi connectivity index (χ4v) is 5.23. The Labute approximate surface area is 240 Å². The maximum Gasteiger partial charge on any atom is 0.258 e. The lowest BCUT2D eigenvalue weighted by Gasteiger charge is -2.38. The second kappa shape index (κ2) is 12.6. The van der Waals surface area contributed by atoms with E-state index in [9.17, 15) is 14.7 Å². The molecular formula is C32H37N3O6. The van der Waals surface area contributed by atoms with Gasteiger partial charge in [0.1, 0.15) is 11.9 Å². The van der Waals surface area contributed by atoms with Crippen LogP contribution in [-0.4, -0.2) is 72.4 Å². The van der Waals surface area contributed by atoms with E-state index in [2.05, 4.69) is 17.1 Å². The first-order chi connectivity index (χ1) is 19.8. The molecule has 2 amide bonds. The molecule has 3 atom stereocenters. The third-order valence-corrected chi connectivity index (χ3v) is 7.54. The minimum atomic E-state index is -0.376. The van der Waals surface area contributed by atoms with Gasteiger partial charge in [0.25, 0.3) is 5.91 Å². The number of ether oxygens (including phenoxy) is 3. The predicted octanol–water partition coefficient (Wildman–Crippen LogP) is 3.95. The molecule has 0 spiro atoms. The van der Waals surface area contributed by atoms with Gasteiger partial charge in [-0.3, -0.25) is 14.5 Å². The molecule has 0 fully saturated rings. The Morgan fingerprint density at radius 1 is 1.05 bits per heavy atom. The summed E-state index contributed by atoms with van der Waals surface area (Å²) in [5.41, 5.74) is 2.87. The average molecular weight is 560 g/mol. The maximum atomic E-state index is 13.7. The first kappa shape index (κ1) is 28.4. The van der Waals surface area contributed by atoms with Crippen LogP contribution in [0.4, 0.5) is 5.69 Å². The van der Waals surface area contributed by atoms with Crippen molar-refractivity contribution in [3.63, 3.8) is 0 Å². The molecule has 2 aliphatic rings. The summed E-state index contributed by atoms with van der Waals surface area (Å²) in [5.74, 6) is 1.54. The van der Waals surface area contributed by atoms with E-state index in [1.807, 2.05) is 62.5 Å². The van der Waals surface area contributed by atoms with Crippen LogP contribution < -0.4 is 19.5 Å². The van der Waals surface area contributed by atoms with Crippen LogP contribution in [0, 0.1) is 5.92 Å². The molecule has 9 heteroatoms. The van der Waals surface area contributed by atoms with Gasteiger partial charge in [-0.2, -0.15) is 0 Å². The van der Waals surface area contributed by atoms with E-state index >= 15 is 0 Å². The Bertz CT molecular complexity index is 1380. The van der Waals surface area contributed by atoms with Crippen LogP contribution >= 0.6 is 0 Å². The monoisotopic (exact) mass is 559 g/mol. The number of aliphatic hydroxyl groups is 1. The molecule has 0 bridgehead atoms. The topological polar surface area (TPSA) is 101 Å². The van der Waals surface area contributed by atoms with Crippen molar-refractivity contribution in [2.24, 2.45) is 5.92 Å². The van der Waals surface area contributed by atoms with Crippen LogP contribution in [0.15, 0.2) is 66.7 Å². The second-order valence-corrected chi connectivity index (χ2v) is 10.9. The summed E-state index contributed by atoms with van der Waals surface area (Å²) >= 11 is 0. The smallest absolute Gasteiger partial charge is 0.258 e. The highest BCUT2D eigenvalue weighted by Crippen LogP contribution is 2.33. The summed E-state index contributed by atoms with van der Waals surface area (Å²) in [6, 6.07) is 20.2. The molecule has 0 saturated carbocycles. The Balaban J connectivity index is 1.35. The van der Waals surface area contributed by atoms with Gasteiger partial charge in [-0.15, -0.1) is 0 Å². The van der Waals surface area contributed by atoms with Gasteiger partial charge >= 0.3 is 0 Å². The van der Waals surface area contributed by atoms with Gasteiger partial charge in [0.2, 0.25) is 12.7 Å². The number of hydrogen-bond donors (Lipinski definition) is 2. The lowest BCUT2D eigenvalue weighted by molar-refractivity contribution is -0.115. The molecule has 0 saturated heterocycles. The molecule has 0 aliphatic carbocycles. The molecule has 5 rings (SSSR count). The van der Waals surface area contributed by atoms with Crippen LogP contribution in [0.5, 0.6) is 17.2 Å². The number of anilines is 1. The normalized spacial score (nSPS) is 18.8. The summed E-state index contributed by atoms with van der Waals surface area (Å²) in [6.07, 6.45) is -0.00140. The van der Waals surface area contributed by atoms with Gasteiger partial charge in [-0.1, -0.05) is 43.3 Å². The minimum Gasteiger partial charge on any atom is -0.488 e. The number of nitrogens with zero attached hydrogens (tertiary/aromatic N) is 2. The lowest BCUT2D eigenvalue weighted by atomic mass is 9.99. The zero-order valence-corrected chi connectivity index (χ0v) is 23.7. The molecule has 3 aromatic rings. The minimum absolute atomic E-state index is 0.00874. The zero-order valence-electron chi connectivity index (χ0n) is 23.7. The van der Waals surface area contributed by atoms with Crippen LogP contribution in [0.25, 0.3) is 0 Å². The van der Waals surface area contributed by atoms with Gasteiger partial charge in [-0.25, -0.2) is 0 Å². The Hall–Kier alpha value is -4.08. The number of amides is 2. The van der Waals surface area contributed by atoms with Crippen LogP contribution in [0.3, 0.4) is 0 Å². The molecule has 2 N–H and O–H groups in total. The molecule has 2 aliphatic heterocycles. The number of benzene rings is 3. The Morgan fingerprint density at radius 3 is 2.59 bits per heavy atom. The zero-order chi connectivity index (χ0) is 28.9. The molecule has 0 aromatic heterocycles. The van der Waals surface area contributed by atoms with Crippen molar-refractivity contribution in [3.8, 4) is 17.2 Å². The van der Waals surface area contributed by atoms with E-state index in [4.69, 9.17) is 14.2 Å². The van der Waals surface area contributed by atoms with Gasteiger partial charge in [0.05, 0.1) is 24.6 Å². The molecule has 41 heavy (non-hydrogen) atoms. The van der Waals surface area contributed by atoms with E-state index in [0.717, 1.165) is 22.6 Å². The highest BCUT2D eigenvalue weighted by Gasteiger charge is 2.33.